The molecule has 2 N–H and O–H groups in total. The van der Waals surface area contributed by atoms with E-state index in [-0.39, 0.29) is 17.9 Å². The normalized spacial score (nSPS) is 21.7. The van der Waals surface area contributed by atoms with Crippen molar-refractivity contribution in [3.63, 3.8) is 0 Å². The number of hydrogen-bond acceptors (Lipinski definition) is 5. The summed E-state index contributed by atoms with van der Waals surface area (Å²) in [5.74, 6) is 0.158. The van der Waals surface area contributed by atoms with Crippen LogP contribution in [0, 0.1) is 0 Å². The molecule has 1 unspecified atom stereocenters. The van der Waals surface area contributed by atoms with Gasteiger partial charge in [0.05, 0.1) is 6.34 Å². The Kier molecular flexibility index (Phi) is 3.36. The maximum absolute atomic E-state index is 11.6. The molecule has 0 radical (unpaired) electrons. The number of amides is 1. The van der Waals surface area contributed by atoms with Crippen LogP contribution < -0.4 is 5.73 Å². The van der Waals surface area contributed by atoms with Gasteiger partial charge in [0.15, 0.2) is 6.04 Å². The van der Waals surface area contributed by atoms with Gasteiger partial charge in [-0.25, -0.2) is 0 Å². The second-order valence-electron chi connectivity index (χ2n) is 4.06. The molecule has 0 aromatic rings. The zero-order valence-corrected chi connectivity index (χ0v) is 9.99. The molecule has 2 rings (SSSR count). The van der Waals surface area contributed by atoms with Crippen molar-refractivity contribution in [2.75, 3.05) is 0 Å². The predicted molar refractivity (Wildman–Crippen MR) is 71.6 cm³/mol. The van der Waals surface area contributed by atoms with Gasteiger partial charge in [-0.1, -0.05) is 12.2 Å². The fourth-order valence-corrected chi connectivity index (χ4v) is 2.00. The highest BCUT2D eigenvalue weighted by Crippen LogP contribution is 2.19. The molecule has 18 heavy (non-hydrogen) atoms. The Labute approximate surface area is 105 Å². The van der Waals surface area contributed by atoms with E-state index in [1.165, 1.54) is 0 Å². The van der Waals surface area contributed by atoms with Gasteiger partial charge >= 0.3 is 0 Å². The average Bonchev–Trinajstić information content (AvgIpc) is 2.72. The summed E-state index contributed by atoms with van der Waals surface area (Å²) >= 11 is 0. The largest absolute Gasteiger partial charge is 0.368 e. The van der Waals surface area contributed by atoms with Crippen LogP contribution in [0.4, 0.5) is 0 Å². The number of carbonyl (C=O) groups is 1. The van der Waals surface area contributed by atoms with E-state index >= 15 is 0 Å². The molecule has 0 aromatic carbocycles. The molecule has 0 bridgehead atoms. The molecular formula is C12H15N5O. The van der Waals surface area contributed by atoms with Crippen LogP contribution in [0.2, 0.25) is 0 Å². The van der Waals surface area contributed by atoms with Crippen molar-refractivity contribution >= 4 is 24.0 Å². The Morgan fingerprint density at radius 3 is 2.67 bits per heavy atom. The molecule has 0 saturated heterocycles. The molecule has 1 atom stereocenters. The molecular weight excluding hydrogens is 230 g/mol. The minimum atomic E-state index is -0.644. The van der Waals surface area contributed by atoms with E-state index in [4.69, 9.17) is 5.73 Å². The lowest BCUT2D eigenvalue weighted by atomic mass is 10.1. The number of amidine groups is 1. The van der Waals surface area contributed by atoms with Crippen molar-refractivity contribution in [2.45, 2.75) is 24.9 Å². The molecule has 2 aliphatic rings. The number of nitrogens with zero attached hydrogens (tertiary/aromatic N) is 4. The highest BCUT2D eigenvalue weighted by atomic mass is 16.2. The van der Waals surface area contributed by atoms with Gasteiger partial charge in [0.2, 0.25) is 5.96 Å². The summed E-state index contributed by atoms with van der Waals surface area (Å²) in [5, 5.41) is 0. The third-order valence-corrected chi connectivity index (χ3v) is 2.81. The smallest absolute Gasteiger partial charge is 0.281 e. The number of rotatable bonds is 5. The molecule has 0 spiro atoms. The lowest BCUT2D eigenvalue weighted by Gasteiger charge is -2.27. The monoisotopic (exact) mass is 245 g/mol. The van der Waals surface area contributed by atoms with Crippen molar-refractivity contribution in [3.05, 3.63) is 25.3 Å². The first-order chi connectivity index (χ1) is 8.67. The number of carbonyl (C=O) groups excluding carboxylic acids is 1. The fourth-order valence-electron chi connectivity index (χ4n) is 2.00. The number of nitrogens with two attached hydrogens (primary N) is 1. The van der Waals surface area contributed by atoms with Crippen LogP contribution in [0.3, 0.4) is 0 Å². The van der Waals surface area contributed by atoms with Crippen LogP contribution in [0.5, 0.6) is 0 Å². The van der Waals surface area contributed by atoms with Gasteiger partial charge < -0.3 is 10.6 Å². The summed E-state index contributed by atoms with van der Waals surface area (Å²) in [7, 11) is 0. The summed E-state index contributed by atoms with van der Waals surface area (Å²) in [4.78, 5) is 25.3. The minimum Gasteiger partial charge on any atom is -0.368 e. The summed E-state index contributed by atoms with van der Waals surface area (Å²) in [5.41, 5.74) is 5.51. The Morgan fingerprint density at radius 2 is 2.06 bits per heavy atom. The molecule has 6 nitrogen and oxygen atoms in total. The van der Waals surface area contributed by atoms with Crippen molar-refractivity contribution in [1.29, 1.82) is 0 Å². The highest BCUT2D eigenvalue weighted by molar-refractivity contribution is 6.21. The first-order valence-corrected chi connectivity index (χ1v) is 5.67. The van der Waals surface area contributed by atoms with Crippen molar-refractivity contribution in [2.24, 2.45) is 20.7 Å². The third-order valence-electron chi connectivity index (χ3n) is 2.81. The van der Waals surface area contributed by atoms with E-state index in [1.54, 1.807) is 6.34 Å². The Bertz CT molecular complexity index is 467. The van der Waals surface area contributed by atoms with E-state index in [0.717, 1.165) is 12.8 Å². The van der Waals surface area contributed by atoms with Crippen molar-refractivity contribution in [1.82, 2.24) is 4.90 Å². The second kappa shape index (κ2) is 4.95. The van der Waals surface area contributed by atoms with Crippen molar-refractivity contribution in [3.8, 4) is 0 Å². The van der Waals surface area contributed by atoms with Crippen LogP contribution in [0.15, 0.2) is 40.3 Å². The summed E-state index contributed by atoms with van der Waals surface area (Å²) < 4.78 is 0. The summed E-state index contributed by atoms with van der Waals surface area (Å²) in [6, 6.07) is -0.541. The molecule has 0 saturated carbocycles. The Balaban J connectivity index is 2.27. The van der Waals surface area contributed by atoms with E-state index < -0.39 is 6.04 Å². The van der Waals surface area contributed by atoms with Crippen molar-refractivity contribution < 1.29 is 4.79 Å². The average molecular weight is 245 g/mol. The quantitative estimate of drug-likeness (QED) is 0.715. The van der Waals surface area contributed by atoms with Gasteiger partial charge in [-0.2, -0.15) is 9.98 Å². The van der Waals surface area contributed by atoms with Crippen LogP contribution >= 0.6 is 0 Å². The van der Waals surface area contributed by atoms with Gasteiger partial charge in [-0.05, 0) is 12.8 Å². The lowest BCUT2D eigenvalue weighted by Crippen LogP contribution is -2.44. The van der Waals surface area contributed by atoms with E-state index in [2.05, 4.69) is 28.1 Å². The maximum Gasteiger partial charge on any atom is 0.281 e. The standard InChI is InChI=1S/C12H15N5O/c1-3-5-8(6-4-2)17-7-14-9-10(17)15-12(13)16-11(9)18/h3-4,7-9H,1-2,5-6H2,(H2,13,16,18). The van der Waals surface area contributed by atoms with Gasteiger partial charge in [0, 0.05) is 6.04 Å². The molecule has 1 amide bonds. The third kappa shape index (κ3) is 2.09. The molecule has 0 aliphatic carbocycles. The number of hydrogen-bond donors (Lipinski definition) is 1. The molecule has 2 heterocycles. The van der Waals surface area contributed by atoms with Gasteiger partial charge in [0.1, 0.15) is 5.84 Å². The first-order valence-electron chi connectivity index (χ1n) is 5.67. The van der Waals surface area contributed by atoms with Crippen LogP contribution in [0.25, 0.3) is 0 Å². The summed E-state index contributed by atoms with van der Waals surface area (Å²) in [6.07, 6.45) is 6.74. The van der Waals surface area contributed by atoms with E-state index in [1.807, 2.05) is 17.1 Å². The van der Waals surface area contributed by atoms with Crippen LogP contribution in [-0.2, 0) is 4.79 Å². The maximum atomic E-state index is 11.6. The van der Waals surface area contributed by atoms with E-state index in [0.29, 0.717) is 5.84 Å². The lowest BCUT2D eigenvalue weighted by molar-refractivity contribution is -0.117. The molecule has 0 fully saturated rings. The second-order valence-corrected chi connectivity index (χ2v) is 4.06. The van der Waals surface area contributed by atoms with Crippen LogP contribution in [-0.4, -0.2) is 41.0 Å². The first kappa shape index (κ1) is 12.2. The van der Waals surface area contributed by atoms with Crippen LogP contribution in [0.1, 0.15) is 12.8 Å². The minimum absolute atomic E-state index is 0.0160. The molecule has 2 aliphatic heterocycles. The molecule has 6 heteroatoms. The molecule has 0 aromatic heterocycles. The highest BCUT2D eigenvalue weighted by Gasteiger charge is 2.37. The summed E-state index contributed by atoms with van der Waals surface area (Å²) in [6.45, 7) is 7.45. The van der Waals surface area contributed by atoms with Gasteiger partial charge in [0.25, 0.3) is 5.91 Å². The number of guanidine groups is 1. The van der Waals surface area contributed by atoms with E-state index in [9.17, 15) is 4.79 Å². The Morgan fingerprint density at radius 1 is 1.39 bits per heavy atom. The SMILES string of the molecule is C=CCC(CC=C)N1C=NC2C(=O)N=C(N)N=C21. The zero-order chi connectivity index (χ0) is 13.1. The number of fused-ring (bicyclic) bond motifs is 1. The Hall–Kier alpha value is -2.24. The van der Waals surface area contributed by atoms with Gasteiger partial charge in [-0.3, -0.25) is 9.79 Å². The molecule has 94 valence electrons. The number of aliphatic imine (C=N–C) groups is 3. The zero-order valence-electron chi connectivity index (χ0n) is 9.99. The predicted octanol–water partition coefficient (Wildman–Crippen LogP) is 0.473. The fraction of sp³-hybridized carbons (Fsp3) is 0.333. The topological polar surface area (TPSA) is 83.4 Å². The van der Waals surface area contributed by atoms with Gasteiger partial charge in [-0.15, -0.1) is 13.2 Å².